The molecule has 0 radical (unpaired) electrons. The summed E-state index contributed by atoms with van der Waals surface area (Å²) < 4.78 is 33.2. The lowest BCUT2D eigenvalue weighted by molar-refractivity contribution is 0.0696. The number of hydrogen-bond acceptors (Lipinski definition) is 5. The molecule has 3 N–H and O–H groups in total. The fourth-order valence-electron chi connectivity index (χ4n) is 2.39. The zero-order valence-corrected chi connectivity index (χ0v) is 15.9. The van der Waals surface area contributed by atoms with Crippen LogP contribution in [0.5, 0.6) is 0 Å². The molecule has 0 bridgehead atoms. The number of sulfonamides is 1. The van der Waals surface area contributed by atoms with Crippen molar-refractivity contribution in [1.82, 2.24) is 4.72 Å². The Morgan fingerprint density at radius 3 is 2.64 bits per heavy atom. The van der Waals surface area contributed by atoms with Crippen molar-refractivity contribution in [3.63, 3.8) is 0 Å². The molecular formula is C17H28N2O5S. The number of rotatable bonds is 12. The summed E-state index contributed by atoms with van der Waals surface area (Å²) >= 11 is 0. The lowest BCUT2D eigenvalue weighted by Crippen LogP contribution is -2.33. The molecular weight excluding hydrogens is 344 g/mol. The van der Waals surface area contributed by atoms with Crippen LogP contribution in [0.2, 0.25) is 0 Å². The topological polar surface area (TPSA) is 105 Å². The van der Waals surface area contributed by atoms with Crippen molar-refractivity contribution in [3.05, 3.63) is 23.8 Å². The van der Waals surface area contributed by atoms with Crippen molar-refractivity contribution in [3.8, 4) is 0 Å². The molecule has 0 saturated carbocycles. The summed E-state index contributed by atoms with van der Waals surface area (Å²) in [6, 6.07) is 3.84. The maximum atomic E-state index is 12.7. The van der Waals surface area contributed by atoms with Crippen LogP contribution in [0.4, 0.5) is 5.69 Å². The fourth-order valence-corrected chi connectivity index (χ4v) is 3.87. The van der Waals surface area contributed by atoms with Crippen molar-refractivity contribution < 1.29 is 23.1 Å². The van der Waals surface area contributed by atoms with E-state index < -0.39 is 16.0 Å². The molecule has 1 rings (SSSR count). The van der Waals surface area contributed by atoms with E-state index in [2.05, 4.69) is 10.0 Å². The summed E-state index contributed by atoms with van der Waals surface area (Å²) in [5.41, 5.74) is 0.320. The summed E-state index contributed by atoms with van der Waals surface area (Å²) in [7, 11) is -3.82. The minimum atomic E-state index is -3.82. The van der Waals surface area contributed by atoms with Gasteiger partial charge in [-0.3, -0.25) is 0 Å². The standard InChI is InChI=1S/C17H28N2O5S/c1-4-7-13(3)19-25(22,23)16-12-14(17(20)21)8-9-15(16)18-10-6-11-24-5-2/h8-9,12-13,18-19H,4-7,10-11H2,1-3H3,(H,20,21)/t13-/m1/s1. The van der Waals surface area contributed by atoms with Gasteiger partial charge in [0.2, 0.25) is 10.0 Å². The Labute approximate surface area is 149 Å². The number of carboxylic acid groups (broad SMARTS) is 1. The van der Waals surface area contributed by atoms with Crippen molar-refractivity contribution in [1.29, 1.82) is 0 Å². The maximum absolute atomic E-state index is 12.7. The van der Waals surface area contributed by atoms with Crippen LogP contribution in [0.25, 0.3) is 0 Å². The number of anilines is 1. The molecule has 7 nitrogen and oxygen atoms in total. The lowest BCUT2D eigenvalue weighted by atomic mass is 10.2. The largest absolute Gasteiger partial charge is 0.478 e. The first-order valence-corrected chi connectivity index (χ1v) is 10.0. The highest BCUT2D eigenvalue weighted by molar-refractivity contribution is 7.89. The lowest BCUT2D eigenvalue weighted by Gasteiger charge is -2.17. The van der Waals surface area contributed by atoms with E-state index in [1.54, 1.807) is 6.92 Å². The van der Waals surface area contributed by atoms with Crippen LogP contribution in [0, 0.1) is 0 Å². The third-order valence-corrected chi connectivity index (χ3v) is 5.21. The first-order chi connectivity index (χ1) is 11.8. The number of ether oxygens (including phenoxy) is 1. The van der Waals surface area contributed by atoms with Gasteiger partial charge in [-0.05, 0) is 44.9 Å². The predicted molar refractivity (Wildman–Crippen MR) is 97.7 cm³/mol. The van der Waals surface area contributed by atoms with Gasteiger partial charge in [-0.15, -0.1) is 0 Å². The Morgan fingerprint density at radius 2 is 2.04 bits per heavy atom. The Bertz CT molecular complexity index is 661. The first-order valence-electron chi connectivity index (χ1n) is 8.53. The van der Waals surface area contributed by atoms with Crippen LogP contribution in [0.3, 0.4) is 0 Å². The van der Waals surface area contributed by atoms with Gasteiger partial charge < -0.3 is 15.2 Å². The number of carboxylic acids is 1. The summed E-state index contributed by atoms with van der Waals surface area (Å²) in [4.78, 5) is 11.1. The van der Waals surface area contributed by atoms with Crippen molar-refractivity contribution in [2.45, 2.75) is 51.0 Å². The van der Waals surface area contributed by atoms with Gasteiger partial charge in [0.25, 0.3) is 0 Å². The van der Waals surface area contributed by atoms with Gasteiger partial charge in [-0.2, -0.15) is 0 Å². The molecule has 0 spiro atoms. The van der Waals surface area contributed by atoms with E-state index in [0.29, 0.717) is 38.3 Å². The monoisotopic (exact) mass is 372 g/mol. The van der Waals surface area contributed by atoms with E-state index in [4.69, 9.17) is 9.84 Å². The molecule has 1 atom stereocenters. The van der Waals surface area contributed by atoms with Gasteiger partial charge >= 0.3 is 5.97 Å². The molecule has 0 heterocycles. The Balaban J connectivity index is 3.02. The van der Waals surface area contributed by atoms with E-state index in [1.165, 1.54) is 18.2 Å². The molecule has 0 unspecified atom stereocenters. The average Bonchev–Trinajstić information content (AvgIpc) is 2.54. The molecule has 0 aliphatic heterocycles. The van der Waals surface area contributed by atoms with Crippen LogP contribution in [-0.4, -0.2) is 45.3 Å². The number of benzene rings is 1. The summed E-state index contributed by atoms with van der Waals surface area (Å²) in [5, 5.41) is 12.2. The third-order valence-electron chi connectivity index (χ3n) is 3.58. The smallest absolute Gasteiger partial charge is 0.335 e. The van der Waals surface area contributed by atoms with Crippen LogP contribution in [0.15, 0.2) is 23.1 Å². The van der Waals surface area contributed by atoms with Gasteiger partial charge in [0, 0.05) is 25.8 Å². The summed E-state index contributed by atoms with van der Waals surface area (Å²) in [5.74, 6) is -1.17. The highest BCUT2D eigenvalue weighted by atomic mass is 32.2. The third kappa shape index (κ3) is 7.01. The second-order valence-corrected chi connectivity index (χ2v) is 7.49. The molecule has 1 aromatic rings. The number of hydrogen-bond donors (Lipinski definition) is 3. The highest BCUT2D eigenvalue weighted by Gasteiger charge is 2.22. The second-order valence-electron chi connectivity index (χ2n) is 5.80. The van der Waals surface area contributed by atoms with Gasteiger partial charge in [0.05, 0.1) is 11.3 Å². The van der Waals surface area contributed by atoms with Gasteiger partial charge in [0.15, 0.2) is 0 Å². The molecule has 25 heavy (non-hydrogen) atoms. The highest BCUT2D eigenvalue weighted by Crippen LogP contribution is 2.23. The Hall–Kier alpha value is -1.64. The van der Waals surface area contributed by atoms with E-state index in [9.17, 15) is 13.2 Å². The molecule has 0 aliphatic rings. The van der Waals surface area contributed by atoms with Crippen LogP contribution in [0.1, 0.15) is 50.4 Å². The van der Waals surface area contributed by atoms with Crippen molar-refractivity contribution in [2.24, 2.45) is 0 Å². The van der Waals surface area contributed by atoms with Crippen LogP contribution < -0.4 is 10.0 Å². The minimum Gasteiger partial charge on any atom is -0.478 e. The maximum Gasteiger partial charge on any atom is 0.335 e. The van der Waals surface area contributed by atoms with E-state index >= 15 is 0 Å². The Kier molecular flexibility index (Phi) is 8.88. The zero-order valence-electron chi connectivity index (χ0n) is 15.0. The molecule has 1 aromatic carbocycles. The molecule has 0 amide bonds. The number of aromatic carboxylic acids is 1. The van der Waals surface area contributed by atoms with E-state index in [0.717, 1.165) is 6.42 Å². The SMILES string of the molecule is CCC[C@@H](C)NS(=O)(=O)c1cc(C(=O)O)ccc1NCCCOCC. The molecule has 0 aliphatic carbocycles. The van der Waals surface area contributed by atoms with Crippen LogP contribution >= 0.6 is 0 Å². The molecule has 0 saturated heterocycles. The van der Waals surface area contributed by atoms with Crippen molar-refractivity contribution in [2.75, 3.05) is 25.1 Å². The molecule has 142 valence electrons. The van der Waals surface area contributed by atoms with Gasteiger partial charge in [0.1, 0.15) is 4.90 Å². The Morgan fingerprint density at radius 1 is 1.32 bits per heavy atom. The first kappa shape index (κ1) is 21.4. The van der Waals surface area contributed by atoms with E-state index in [-0.39, 0.29) is 16.5 Å². The second kappa shape index (κ2) is 10.4. The van der Waals surface area contributed by atoms with Gasteiger partial charge in [-0.1, -0.05) is 13.3 Å². The van der Waals surface area contributed by atoms with E-state index in [1.807, 2.05) is 13.8 Å². The predicted octanol–water partition coefficient (Wildman–Crippen LogP) is 2.69. The minimum absolute atomic E-state index is 0.0493. The number of nitrogens with one attached hydrogen (secondary N) is 2. The normalized spacial score (nSPS) is 12.8. The molecule has 8 heteroatoms. The van der Waals surface area contributed by atoms with Gasteiger partial charge in [-0.25, -0.2) is 17.9 Å². The van der Waals surface area contributed by atoms with Crippen molar-refractivity contribution >= 4 is 21.7 Å². The quantitative estimate of drug-likeness (QED) is 0.487. The van der Waals surface area contributed by atoms with Crippen LogP contribution in [-0.2, 0) is 14.8 Å². The number of carbonyl (C=O) groups is 1. The summed E-state index contributed by atoms with van der Waals surface area (Å²) in [6.07, 6.45) is 2.27. The zero-order chi connectivity index (χ0) is 18.9. The molecule has 0 aromatic heterocycles. The average molecular weight is 372 g/mol. The fraction of sp³-hybridized carbons (Fsp3) is 0.588. The summed E-state index contributed by atoms with van der Waals surface area (Å²) in [6.45, 7) is 7.40. The molecule has 0 fully saturated rings.